The van der Waals surface area contributed by atoms with Gasteiger partial charge < -0.3 is 9.64 Å². The molecular formula is C24H27N7O. The molecule has 8 heteroatoms. The van der Waals surface area contributed by atoms with Gasteiger partial charge in [-0.05, 0) is 31.0 Å². The summed E-state index contributed by atoms with van der Waals surface area (Å²) in [6.45, 7) is 5.17. The minimum atomic E-state index is 0.712. The second kappa shape index (κ2) is 8.92. The third kappa shape index (κ3) is 4.55. The first kappa shape index (κ1) is 20.4. The van der Waals surface area contributed by atoms with Crippen molar-refractivity contribution in [3.05, 3.63) is 71.9 Å². The Morgan fingerprint density at radius 1 is 1.00 bits per heavy atom. The molecule has 4 heterocycles. The number of nitrogens with zero attached hydrogens (tertiary/aromatic N) is 7. The van der Waals surface area contributed by atoms with Gasteiger partial charge in [0.15, 0.2) is 5.82 Å². The van der Waals surface area contributed by atoms with Crippen LogP contribution in [0.3, 0.4) is 0 Å². The molecule has 0 bridgehead atoms. The molecule has 0 atom stereocenters. The van der Waals surface area contributed by atoms with Crippen LogP contribution >= 0.6 is 0 Å². The number of aromatic nitrogens is 6. The zero-order valence-electron chi connectivity index (χ0n) is 18.5. The first-order valence-electron chi connectivity index (χ1n) is 11.0. The molecule has 3 aromatic heterocycles. The Bertz CT molecular complexity index is 1210. The molecule has 8 nitrogen and oxygen atoms in total. The van der Waals surface area contributed by atoms with Gasteiger partial charge in [-0.15, -0.1) is 0 Å². The van der Waals surface area contributed by atoms with Crippen LogP contribution in [-0.2, 0) is 24.6 Å². The predicted octanol–water partition coefficient (Wildman–Crippen LogP) is 2.99. The van der Waals surface area contributed by atoms with Crippen molar-refractivity contribution in [2.45, 2.75) is 19.8 Å². The molecule has 0 unspecified atom stereocenters. The summed E-state index contributed by atoms with van der Waals surface area (Å²) < 4.78 is 9.19. The van der Waals surface area contributed by atoms with Crippen LogP contribution in [0.15, 0.2) is 55.0 Å². The van der Waals surface area contributed by atoms with Crippen molar-refractivity contribution in [1.82, 2.24) is 29.5 Å². The van der Waals surface area contributed by atoms with E-state index in [2.05, 4.69) is 41.2 Å². The van der Waals surface area contributed by atoms with Crippen LogP contribution in [0.2, 0.25) is 0 Å². The van der Waals surface area contributed by atoms with E-state index in [1.54, 1.807) is 0 Å². The van der Waals surface area contributed by atoms with Gasteiger partial charge in [0.1, 0.15) is 11.6 Å². The molecule has 1 aromatic carbocycles. The van der Waals surface area contributed by atoms with Crippen molar-refractivity contribution in [3.8, 4) is 17.1 Å². The zero-order chi connectivity index (χ0) is 21.9. The lowest BCUT2D eigenvalue weighted by Gasteiger charge is -2.28. The van der Waals surface area contributed by atoms with E-state index in [0.29, 0.717) is 13.2 Å². The summed E-state index contributed by atoms with van der Waals surface area (Å²) in [6.07, 6.45) is 7.48. The average molecular weight is 430 g/mol. The summed E-state index contributed by atoms with van der Waals surface area (Å²) in [6, 6.07) is 12.4. The second-order valence-corrected chi connectivity index (χ2v) is 8.14. The van der Waals surface area contributed by atoms with Crippen LogP contribution < -0.4 is 4.90 Å². The van der Waals surface area contributed by atoms with E-state index in [4.69, 9.17) is 19.8 Å². The summed E-state index contributed by atoms with van der Waals surface area (Å²) in [5.41, 5.74) is 4.42. The Balaban J connectivity index is 1.46. The summed E-state index contributed by atoms with van der Waals surface area (Å²) >= 11 is 0. The first-order chi connectivity index (χ1) is 15.6. The topological polar surface area (TPSA) is 73.9 Å². The van der Waals surface area contributed by atoms with Crippen molar-refractivity contribution in [3.63, 3.8) is 0 Å². The van der Waals surface area contributed by atoms with Crippen molar-refractivity contribution < 1.29 is 4.74 Å². The maximum atomic E-state index is 5.52. The number of rotatable bonds is 6. The molecule has 0 N–H and O–H groups in total. The minimum absolute atomic E-state index is 0.712. The van der Waals surface area contributed by atoms with Gasteiger partial charge in [0.2, 0.25) is 0 Å². The highest BCUT2D eigenvalue weighted by atomic mass is 16.5. The molecule has 1 fully saturated rings. The molecule has 4 aromatic rings. The second-order valence-electron chi connectivity index (χ2n) is 8.14. The lowest BCUT2D eigenvalue weighted by Crippen LogP contribution is -2.37. The molecule has 1 aliphatic rings. The van der Waals surface area contributed by atoms with E-state index in [1.807, 2.05) is 47.1 Å². The van der Waals surface area contributed by atoms with Crippen LogP contribution in [0.1, 0.15) is 17.0 Å². The highest BCUT2D eigenvalue weighted by molar-refractivity contribution is 5.60. The fraction of sp³-hybridized carbons (Fsp3) is 0.333. The molecule has 1 saturated heterocycles. The molecule has 0 spiro atoms. The maximum absolute atomic E-state index is 5.52. The largest absolute Gasteiger partial charge is 0.378 e. The number of benzene rings is 1. The van der Waals surface area contributed by atoms with Crippen LogP contribution in [0, 0.1) is 6.92 Å². The van der Waals surface area contributed by atoms with E-state index in [1.165, 1.54) is 11.1 Å². The average Bonchev–Trinajstić information content (AvgIpc) is 3.48. The smallest absolute Gasteiger partial charge is 0.159 e. The molecule has 1 aliphatic heterocycles. The third-order valence-electron chi connectivity index (χ3n) is 5.61. The lowest BCUT2D eigenvalue weighted by molar-refractivity contribution is 0.122. The quantitative estimate of drug-likeness (QED) is 0.469. The number of ether oxygens (including phenoxy) is 1. The van der Waals surface area contributed by atoms with Crippen molar-refractivity contribution >= 4 is 5.82 Å². The summed E-state index contributed by atoms with van der Waals surface area (Å²) in [5.74, 6) is 2.51. The number of anilines is 1. The fourth-order valence-electron chi connectivity index (χ4n) is 3.92. The van der Waals surface area contributed by atoms with Crippen LogP contribution in [-0.4, -0.2) is 55.8 Å². The Morgan fingerprint density at radius 2 is 1.84 bits per heavy atom. The van der Waals surface area contributed by atoms with E-state index in [9.17, 15) is 0 Å². The van der Waals surface area contributed by atoms with Crippen LogP contribution in [0.4, 0.5) is 5.82 Å². The summed E-state index contributed by atoms with van der Waals surface area (Å²) in [7, 11) is 1.93. The highest BCUT2D eigenvalue weighted by Crippen LogP contribution is 2.22. The highest BCUT2D eigenvalue weighted by Gasteiger charge is 2.16. The lowest BCUT2D eigenvalue weighted by atomic mass is 10.1. The molecule has 0 aliphatic carbocycles. The number of morpholine rings is 1. The van der Waals surface area contributed by atoms with Gasteiger partial charge in [0.05, 0.1) is 25.1 Å². The predicted molar refractivity (Wildman–Crippen MR) is 123 cm³/mol. The van der Waals surface area contributed by atoms with Gasteiger partial charge in [0.25, 0.3) is 0 Å². The molecule has 5 rings (SSSR count). The number of aryl methyl sites for hydroxylation is 4. The minimum Gasteiger partial charge on any atom is -0.378 e. The van der Waals surface area contributed by atoms with Gasteiger partial charge in [-0.3, -0.25) is 4.68 Å². The zero-order valence-corrected chi connectivity index (χ0v) is 18.5. The fourth-order valence-corrected chi connectivity index (χ4v) is 3.92. The van der Waals surface area contributed by atoms with E-state index in [-0.39, 0.29) is 0 Å². The normalized spacial score (nSPS) is 14.1. The Kier molecular flexibility index (Phi) is 5.68. The van der Waals surface area contributed by atoms with Gasteiger partial charge in [-0.2, -0.15) is 10.2 Å². The summed E-state index contributed by atoms with van der Waals surface area (Å²) in [5, 5.41) is 9.07. The van der Waals surface area contributed by atoms with Gasteiger partial charge in [-0.25, -0.2) is 14.6 Å². The molecule has 32 heavy (non-hydrogen) atoms. The van der Waals surface area contributed by atoms with E-state index < -0.39 is 0 Å². The van der Waals surface area contributed by atoms with Gasteiger partial charge >= 0.3 is 0 Å². The van der Waals surface area contributed by atoms with Crippen LogP contribution in [0.25, 0.3) is 17.1 Å². The van der Waals surface area contributed by atoms with Gasteiger partial charge in [0, 0.05) is 50.6 Å². The van der Waals surface area contributed by atoms with E-state index >= 15 is 0 Å². The van der Waals surface area contributed by atoms with Crippen molar-refractivity contribution in [1.29, 1.82) is 0 Å². The van der Waals surface area contributed by atoms with Crippen molar-refractivity contribution in [2.24, 2.45) is 7.05 Å². The maximum Gasteiger partial charge on any atom is 0.159 e. The monoisotopic (exact) mass is 429 g/mol. The Labute approximate surface area is 187 Å². The van der Waals surface area contributed by atoms with Crippen molar-refractivity contribution in [2.75, 3.05) is 31.2 Å². The third-order valence-corrected chi connectivity index (χ3v) is 5.61. The Hall–Kier alpha value is -3.52. The molecular weight excluding hydrogens is 402 g/mol. The summed E-state index contributed by atoms with van der Waals surface area (Å²) in [4.78, 5) is 12.0. The molecule has 0 amide bonds. The van der Waals surface area contributed by atoms with Gasteiger partial charge in [-0.1, -0.05) is 23.8 Å². The SMILES string of the molecule is Cc1cccc(-c2ccn(-c3cc(N4CCOCC4)nc(CCc4cnn(C)c4)n3)n2)c1. The number of hydrogen-bond acceptors (Lipinski definition) is 6. The van der Waals surface area contributed by atoms with E-state index in [0.717, 1.165) is 54.6 Å². The standard InChI is InChI=1S/C24H27N7O/c1-18-4-3-5-20(14-18)21-8-9-31(28-21)24-15-23(30-10-12-32-13-11-30)26-22(27-24)7-6-19-16-25-29(2)17-19/h3-5,8-9,14-17H,6-7,10-13H2,1-2H3. The Morgan fingerprint density at radius 3 is 2.62 bits per heavy atom. The molecule has 0 saturated carbocycles. The number of hydrogen-bond donors (Lipinski definition) is 0. The molecule has 164 valence electrons. The molecule has 0 radical (unpaired) electrons. The van der Waals surface area contributed by atoms with Crippen LogP contribution in [0.5, 0.6) is 0 Å². The first-order valence-corrected chi connectivity index (χ1v) is 11.0.